The minimum absolute atomic E-state index is 0.0965. The van der Waals surface area contributed by atoms with E-state index in [4.69, 9.17) is 5.73 Å². The molecule has 2 aliphatic heterocycles. The fraction of sp³-hybridized carbons (Fsp3) is 0.571. The number of sulfonamides is 1. The maximum Gasteiger partial charge on any atom is 0.243 e. The molecule has 104 valence electrons. The van der Waals surface area contributed by atoms with E-state index in [1.54, 1.807) is 22.5 Å². The average molecular weight is 280 g/mol. The molecule has 0 spiro atoms. The number of piperidine rings is 1. The van der Waals surface area contributed by atoms with Crippen LogP contribution in [0.4, 0.5) is 0 Å². The van der Waals surface area contributed by atoms with E-state index in [9.17, 15) is 8.42 Å². The quantitative estimate of drug-likeness (QED) is 0.895. The molecule has 19 heavy (non-hydrogen) atoms. The van der Waals surface area contributed by atoms with Crippen molar-refractivity contribution in [3.8, 4) is 0 Å². The van der Waals surface area contributed by atoms with Gasteiger partial charge in [-0.05, 0) is 50.3 Å². The number of nitrogens with two attached hydrogens (primary N) is 1. The lowest BCUT2D eigenvalue weighted by Gasteiger charge is -2.36. The Hall–Kier alpha value is -0.910. The maximum absolute atomic E-state index is 12.8. The molecule has 1 aromatic carbocycles. The number of benzene rings is 1. The van der Waals surface area contributed by atoms with Crippen molar-refractivity contribution >= 4 is 10.0 Å². The van der Waals surface area contributed by atoms with Crippen LogP contribution in [0.25, 0.3) is 0 Å². The van der Waals surface area contributed by atoms with E-state index in [0.717, 1.165) is 31.2 Å². The zero-order valence-electron chi connectivity index (χ0n) is 11.1. The molecule has 2 saturated heterocycles. The normalized spacial score (nSPS) is 31.6. The Morgan fingerprint density at radius 3 is 2.42 bits per heavy atom. The highest BCUT2D eigenvalue weighted by atomic mass is 32.2. The van der Waals surface area contributed by atoms with Gasteiger partial charge in [0.25, 0.3) is 0 Å². The Morgan fingerprint density at radius 2 is 1.84 bits per heavy atom. The molecule has 0 saturated carbocycles. The molecule has 0 amide bonds. The summed E-state index contributed by atoms with van der Waals surface area (Å²) in [6.07, 6.45) is 3.48. The number of nitrogens with zero attached hydrogens (tertiary/aromatic N) is 1. The summed E-state index contributed by atoms with van der Waals surface area (Å²) in [6.45, 7) is 1.92. The minimum atomic E-state index is -3.37. The van der Waals surface area contributed by atoms with E-state index in [-0.39, 0.29) is 18.1 Å². The van der Waals surface area contributed by atoms with Crippen LogP contribution in [0.1, 0.15) is 31.2 Å². The van der Waals surface area contributed by atoms with Crippen LogP contribution in [0.5, 0.6) is 0 Å². The molecule has 0 aromatic heterocycles. The molecule has 4 nitrogen and oxygen atoms in total. The topological polar surface area (TPSA) is 63.4 Å². The van der Waals surface area contributed by atoms with Crippen LogP contribution in [-0.4, -0.2) is 30.8 Å². The SMILES string of the molecule is Cc1cccc(S(=O)(=O)N2C3CCC2CC(N)C3)c1. The van der Waals surface area contributed by atoms with Crippen LogP contribution in [0, 0.1) is 6.92 Å². The molecular weight excluding hydrogens is 260 g/mol. The van der Waals surface area contributed by atoms with Gasteiger partial charge in [-0.25, -0.2) is 8.42 Å². The molecule has 5 heteroatoms. The third-order valence-corrected chi connectivity index (χ3v) is 6.27. The summed E-state index contributed by atoms with van der Waals surface area (Å²) in [5.74, 6) is 0. The van der Waals surface area contributed by atoms with Crippen molar-refractivity contribution in [1.82, 2.24) is 4.31 Å². The predicted molar refractivity (Wildman–Crippen MR) is 74.2 cm³/mol. The first-order chi connectivity index (χ1) is 8.98. The highest BCUT2D eigenvalue weighted by molar-refractivity contribution is 7.89. The highest BCUT2D eigenvalue weighted by Crippen LogP contribution is 2.39. The molecule has 2 fully saturated rings. The number of hydrogen-bond acceptors (Lipinski definition) is 3. The minimum Gasteiger partial charge on any atom is -0.328 e. The van der Waals surface area contributed by atoms with Crippen LogP contribution in [0.15, 0.2) is 29.2 Å². The number of hydrogen-bond donors (Lipinski definition) is 1. The fourth-order valence-corrected chi connectivity index (χ4v) is 5.46. The van der Waals surface area contributed by atoms with Gasteiger partial charge in [0.05, 0.1) is 4.90 Å². The molecule has 0 aliphatic carbocycles. The van der Waals surface area contributed by atoms with Crippen molar-refractivity contribution in [2.75, 3.05) is 0 Å². The largest absolute Gasteiger partial charge is 0.328 e. The van der Waals surface area contributed by atoms with Crippen molar-refractivity contribution in [2.24, 2.45) is 5.73 Å². The first kappa shape index (κ1) is 13.1. The van der Waals surface area contributed by atoms with Gasteiger partial charge in [0.2, 0.25) is 10.0 Å². The van der Waals surface area contributed by atoms with Gasteiger partial charge < -0.3 is 5.73 Å². The van der Waals surface area contributed by atoms with Gasteiger partial charge in [-0.15, -0.1) is 0 Å². The van der Waals surface area contributed by atoms with Gasteiger partial charge in [-0.1, -0.05) is 12.1 Å². The Morgan fingerprint density at radius 1 is 1.21 bits per heavy atom. The molecule has 0 radical (unpaired) electrons. The number of rotatable bonds is 2. The molecule has 2 bridgehead atoms. The second kappa shape index (κ2) is 4.58. The first-order valence-corrected chi connectivity index (χ1v) is 8.28. The summed E-state index contributed by atoms with van der Waals surface area (Å²) < 4.78 is 27.3. The first-order valence-electron chi connectivity index (χ1n) is 6.84. The highest BCUT2D eigenvalue weighted by Gasteiger charge is 2.46. The fourth-order valence-electron chi connectivity index (χ4n) is 3.47. The van der Waals surface area contributed by atoms with Crippen molar-refractivity contribution < 1.29 is 8.42 Å². The van der Waals surface area contributed by atoms with Gasteiger partial charge in [-0.2, -0.15) is 4.31 Å². The standard InChI is InChI=1S/C14H20N2O2S/c1-10-3-2-4-14(7-10)19(17,18)16-12-5-6-13(16)9-11(15)8-12/h2-4,7,11-13H,5-6,8-9,15H2,1H3. The van der Waals surface area contributed by atoms with Crippen molar-refractivity contribution in [1.29, 1.82) is 0 Å². The Kier molecular flexibility index (Phi) is 3.15. The van der Waals surface area contributed by atoms with Crippen LogP contribution in [-0.2, 0) is 10.0 Å². The second-order valence-electron chi connectivity index (χ2n) is 5.77. The van der Waals surface area contributed by atoms with E-state index >= 15 is 0 Å². The average Bonchev–Trinajstić information content (AvgIpc) is 2.63. The molecule has 3 rings (SSSR count). The number of aryl methyl sites for hydroxylation is 1. The Labute approximate surface area is 114 Å². The van der Waals surface area contributed by atoms with Gasteiger partial charge in [0.15, 0.2) is 0 Å². The van der Waals surface area contributed by atoms with Gasteiger partial charge >= 0.3 is 0 Å². The molecule has 2 atom stereocenters. The zero-order valence-corrected chi connectivity index (χ0v) is 11.9. The second-order valence-corrected chi connectivity index (χ2v) is 7.61. The van der Waals surface area contributed by atoms with E-state index in [2.05, 4.69) is 0 Å². The van der Waals surface area contributed by atoms with Crippen molar-refractivity contribution in [2.45, 2.75) is 55.6 Å². The van der Waals surface area contributed by atoms with E-state index < -0.39 is 10.0 Å². The van der Waals surface area contributed by atoms with Crippen LogP contribution in [0.3, 0.4) is 0 Å². The third kappa shape index (κ3) is 2.20. The van der Waals surface area contributed by atoms with Crippen LogP contribution in [0.2, 0.25) is 0 Å². The summed E-state index contributed by atoms with van der Waals surface area (Å²) in [7, 11) is -3.37. The monoisotopic (exact) mass is 280 g/mol. The molecule has 2 aliphatic rings. The van der Waals surface area contributed by atoms with Crippen molar-refractivity contribution in [3.63, 3.8) is 0 Å². The summed E-state index contributed by atoms with van der Waals surface area (Å²) in [5, 5.41) is 0. The van der Waals surface area contributed by atoms with Crippen molar-refractivity contribution in [3.05, 3.63) is 29.8 Å². The van der Waals surface area contributed by atoms with Gasteiger partial charge in [-0.3, -0.25) is 0 Å². The maximum atomic E-state index is 12.8. The summed E-state index contributed by atoms with van der Waals surface area (Å²) in [5.41, 5.74) is 6.98. The van der Waals surface area contributed by atoms with Crippen LogP contribution < -0.4 is 5.73 Å². The Balaban J connectivity index is 1.98. The summed E-state index contributed by atoms with van der Waals surface area (Å²) in [6, 6.07) is 7.51. The van der Waals surface area contributed by atoms with Crippen LogP contribution >= 0.6 is 0 Å². The van der Waals surface area contributed by atoms with Gasteiger partial charge in [0.1, 0.15) is 0 Å². The third-order valence-electron chi connectivity index (χ3n) is 4.27. The molecular formula is C14H20N2O2S. The lowest BCUT2D eigenvalue weighted by atomic mass is 10.0. The smallest absolute Gasteiger partial charge is 0.243 e. The number of fused-ring (bicyclic) bond motifs is 2. The predicted octanol–water partition coefficient (Wildman–Crippen LogP) is 1.64. The lowest BCUT2D eigenvalue weighted by Crippen LogP contribution is -2.49. The zero-order chi connectivity index (χ0) is 13.6. The lowest BCUT2D eigenvalue weighted by molar-refractivity contribution is 0.227. The van der Waals surface area contributed by atoms with E-state index in [0.29, 0.717) is 4.90 Å². The van der Waals surface area contributed by atoms with E-state index in [1.807, 2.05) is 13.0 Å². The summed E-state index contributed by atoms with van der Waals surface area (Å²) >= 11 is 0. The van der Waals surface area contributed by atoms with E-state index in [1.165, 1.54) is 0 Å². The molecule has 2 N–H and O–H groups in total. The molecule has 2 heterocycles. The molecule has 1 aromatic rings. The van der Waals surface area contributed by atoms with Gasteiger partial charge in [0, 0.05) is 18.1 Å². The molecule has 2 unspecified atom stereocenters. The Bertz CT molecular complexity index is 571. The summed E-state index contributed by atoms with van der Waals surface area (Å²) in [4.78, 5) is 0.417.